The van der Waals surface area contributed by atoms with Crippen LogP contribution in [0.3, 0.4) is 0 Å². The second kappa shape index (κ2) is 6.93. The van der Waals surface area contributed by atoms with Gasteiger partial charge in [-0.3, -0.25) is 14.7 Å². The van der Waals surface area contributed by atoms with Crippen LogP contribution in [0.5, 0.6) is 0 Å². The molecule has 1 atom stereocenters. The zero-order chi connectivity index (χ0) is 17.5. The standard InChI is InChI=1S/C21H29N3O2/c25-21(23-20-16-8-14-7-15(10-16)11-17(20)9-14)19-13-24(5-6-26-19)12-18-3-1-2-4-22-18/h1-4,14-17,19-20H,5-13H2,(H,23,25). The lowest BCUT2D eigenvalue weighted by Crippen LogP contribution is -2.59. The Balaban J connectivity index is 1.19. The lowest BCUT2D eigenvalue weighted by Gasteiger charge is -2.54. The van der Waals surface area contributed by atoms with Gasteiger partial charge in [-0.1, -0.05) is 6.07 Å². The number of hydrogen-bond acceptors (Lipinski definition) is 4. The van der Waals surface area contributed by atoms with Gasteiger partial charge in [-0.15, -0.1) is 0 Å². The first kappa shape index (κ1) is 16.7. The van der Waals surface area contributed by atoms with Crippen LogP contribution in [0.2, 0.25) is 0 Å². The Bertz CT molecular complexity index is 622. The first-order valence-electron chi connectivity index (χ1n) is 10.3. The molecule has 5 fully saturated rings. The number of ether oxygens (including phenoxy) is 1. The summed E-state index contributed by atoms with van der Waals surface area (Å²) >= 11 is 0. The van der Waals surface area contributed by atoms with Crippen LogP contribution < -0.4 is 5.32 Å². The maximum absolute atomic E-state index is 12.9. The minimum atomic E-state index is -0.343. The number of nitrogens with one attached hydrogen (secondary N) is 1. The van der Waals surface area contributed by atoms with Crippen LogP contribution in [-0.4, -0.2) is 47.6 Å². The highest BCUT2D eigenvalue weighted by molar-refractivity contribution is 5.81. The molecule has 1 unspecified atom stereocenters. The van der Waals surface area contributed by atoms with E-state index in [2.05, 4.69) is 15.2 Å². The van der Waals surface area contributed by atoms with Gasteiger partial charge in [-0.05, 0) is 67.9 Å². The monoisotopic (exact) mass is 355 g/mol. The van der Waals surface area contributed by atoms with Crippen LogP contribution in [-0.2, 0) is 16.1 Å². The summed E-state index contributed by atoms with van der Waals surface area (Å²) in [6.07, 6.45) is 8.24. The van der Waals surface area contributed by atoms with Gasteiger partial charge in [0, 0.05) is 31.9 Å². The molecule has 5 aliphatic rings. The molecule has 26 heavy (non-hydrogen) atoms. The topological polar surface area (TPSA) is 54.5 Å². The van der Waals surface area contributed by atoms with Crippen molar-refractivity contribution in [3.05, 3.63) is 30.1 Å². The van der Waals surface area contributed by atoms with E-state index < -0.39 is 0 Å². The van der Waals surface area contributed by atoms with E-state index in [4.69, 9.17) is 4.74 Å². The van der Waals surface area contributed by atoms with E-state index >= 15 is 0 Å². The number of pyridine rings is 1. The Morgan fingerprint density at radius 3 is 2.62 bits per heavy atom. The van der Waals surface area contributed by atoms with Crippen molar-refractivity contribution in [3.63, 3.8) is 0 Å². The first-order chi connectivity index (χ1) is 12.7. The third-order valence-electron chi connectivity index (χ3n) is 7.09. The molecule has 0 aromatic carbocycles. The van der Waals surface area contributed by atoms with Crippen LogP contribution in [0, 0.1) is 23.7 Å². The van der Waals surface area contributed by atoms with Crippen LogP contribution in [0.15, 0.2) is 24.4 Å². The fraction of sp³-hybridized carbons (Fsp3) is 0.714. The molecule has 0 radical (unpaired) electrons. The van der Waals surface area contributed by atoms with Crippen molar-refractivity contribution in [1.29, 1.82) is 0 Å². The number of nitrogens with zero attached hydrogens (tertiary/aromatic N) is 2. The zero-order valence-corrected chi connectivity index (χ0v) is 15.3. The highest BCUT2D eigenvalue weighted by Gasteiger charge is 2.49. The molecular weight excluding hydrogens is 326 g/mol. The molecule has 5 nitrogen and oxygen atoms in total. The Kier molecular flexibility index (Phi) is 4.45. The van der Waals surface area contributed by atoms with Crippen molar-refractivity contribution >= 4 is 5.91 Å². The minimum Gasteiger partial charge on any atom is -0.366 e. The molecule has 1 amide bonds. The Morgan fingerprint density at radius 2 is 1.92 bits per heavy atom. The molecule has 1 saturated heterocycles. The van der Waals surface area contributed by atoms with E-state index in [1.807, 2.05) is 24.4 Å². The Morgan fingerprint density at radius 1 is 1.15 bits per heavy atom. The van der Waals surface area contributed by atoms with Gasteiger partial charge >= 0.3 is 0 Å². The smallest absolute Gasteiger partial charge is 0.250 e. The zero-order valence-electron chi connectivity index (χ0n) is 15.3. The average molecular weight is 355 g/mol. The number of rotatable bonds is 4. The largest absolute Gasteiger partial charge is 0.366 e. The molecule has 2 heterocycles. The van der Waals surface area contributed by atoms with Crippen LogP contribution in [0.25, 0.3) is 0 Å². The molecule has 5 heteroatoms. The number of morpholine rings is 1. The van der Waals surface area contributed by atoms with E-state index in [0.29, 0.717) is 31.0 Å². The van der Waals surface area contributed by atoms with E-state index in [1.165, 1.54) is 32.1 Å². The molecule has 4 bridgehead atoms. The number of carbonyl (C=O) groups excluding carboxylic acids is 1. The van der Waals surface area contributed by atoms with Crippen LogP contribution in [0.4, 0.5) is 0 Å². The molecule has 1 aliphatic heterocycles. The summed E-state index contributed by atoms with van der Waals surface area (Å²) in [5, 5.41) is 3.41. The minimum absolute atomic E-state index is 0.105. The van der Waals surface area contributed by atoms with Gasteiger partial charge in [0.2, 0.25) is 0 Å². The fourth-order valence-corrected chi connectivity index (χ4v) is 6.14. The highest BCUT2D eigenvalue weighted by Crippen LogP contribution is 2.53. The molecule has 4 aliphatic carbocycles. The lowest BCUT2D eigenvalue weighted by molar-refractivity contribution is -0.142. The average Bonchev–Trinajstić information content (AvgIpc) is 2.65. The second-order valence-electron chi connectivity index (χ2n) is 8.88. The van der Waals surface area contributed by atoms with Gasteiger partial charge in [-0.2, -0.15) is 0 Å². The number of carbonyl (C=O) groups is 1. The van der Waals surface area contributed by atoms with Gasteiger partial charge in [-0.25, -0.2) is 0 Å². The summed E-state index contributed by atoms with van der Waals surface area (Å²) in [7, 11) is 0. The predicted molar refractivity (Wildman–Crippen MR) is 98.2 cm³/mol. The lowest BCUT2D eigenvalue weighted by atomic mass is 9.54. The summed E-state index contributed by atoms with van der Waals surface area (Å²) in [5.41, 5.74) is 1.05. The number of amides is 1. The third kappa shape index (κ3) is 3.27. The van der Waals surface area contributed by atoms with Crippen LogP contribution in [0.1, 0.15) is 37.8 Å². The summed E-state index contributed by atoms with van der Waals surface area (Å²) < 4.78 is 5.83. The highest BCUT2D eigenvalue weighted by atomic mass is 16.5. The first-order valence-corrected chi connectivity index (χ1v) is 10.3. The van der Waals surface area contributed by atoms with Gasteiger partial charge in [0.15, 0.2) is 0 Å². The SMILES string of the molecule is O=C(NC1C2CC3CC(C2)CC1C3)C1CN(Cc2ccccn2)CCO1. The Hall–Kier alpha value is -1.46. The molecule has 1 aromatic rings. The van der Waals surface area contributed by atoms with E-state index in [-0.39, 0.29) is 12.0 Å². The van der Waals surface area contributed by atoms with E-state index in [9.17, 15) is 4.79 Å². The quantitative estimate of drug-likeness (QED) is 0.900. The van der Waals surface area contributed by atoms with Crippen molar-refractivity contribution < 1.29 is 9.53 Å². The summed E-state index contributed by atoms with van der Waals surface area (Å²) in [5.74, 6) is 3.40. The van der Waals surface area contributed by atoms with Crippen molar-refractivity contribution in [2.75, 3.05) is 19.7 Å². The van der Waals surface area contributed by atoms with Crippen molar-refractivity contribution in [3.8, 4) is 0 Å². The van der Waals surface area contributed by atoms with E-state index in [0.717, 1.165) is 30.6 Å². The maximum Gasteiger partial charge on any atom is 0.250 e. The van der Waals surface area contributed by atoms with Crippen molar-refractivity contribution in [2.45, 2.75) is 50.8 Å². The maximum atomic E-state index is 12.9. The Labute approximate surface area is 155 Å². The summed E-state index contributed by atoms with van der Waals surface area (Å²) in [6.45, 7) is 2.92. The van der Waals surface area contributed by atoms with E-state index in [1.54, 1.807) is 0 Å². The van der Waals surface area contributed by atoms with Crippen molar-refractivity contribution in [1.82, 2.24) is 15.2 Å². The van der Waals surface area contributed by atoms with Gasteiger partial charge in [0.1, 0.15) is 6.10 Å². The predicted octanol–water partition coefficient (Wildman–Crippen LogP) is 2.22. The van der Waals surface area contributed by atoms with Gasteiger partial charge < -0.3 is 10.1 Å². The van der Waals surface area contributed by atoms with Gasteiger partial charge in [0.25, 0.3) is 5.91 Å². The molecule has 1 N–H and O–H groups in total. The normalized spacial score (nSPS) is 39.1. The molecule has 140 valence electrons. The molecular formula is C21H29N3O2. The summed E-state index contributed by atoms with van der Waals surface area (Å²) in [6, 6.07) is 6.38. The second-order valence-corrected chi connectivity index (χ2v) is 8.88. The summed E-state index contributed by atoms with van der Waals surface area (Å²) in [4.78, 5) is 19.6. The van der Waals surface area contributed by atoms with Gasteiger partial charge in [0.05, 0.1) is 12.3 Å². The molecule has 0 spiro atoms. The molecule has 4 saturated carbocycles. The van der Waals surface area contributed by atoms with Crippen LogP contribution >= 0.6 is 0 Å². The molecule has 1 aromatic heterocycles. The van der Waals surface area contributed by atoms with Crippen molar-refractivity contribution in [2.24, 2.45) is 23.7 Å². The number of aromatic nitrogens is 1. The number of hydrogen-bond donors (Lipinski definition) is 1. The third-order valence-corrected chi connectivity index (χ3v) is 7.09. The molecule has 6 rings (SSSR count). The fourth-order valence-electron chi connectivity index (χ4n) is 6.14.